The predicted octanol–water partition coefficient (Wildman–Crippen LogP) is 5.63. The van der Waals surface area contributed by atoms with Gasteiger partial charge < -0.3 is 25.0 Å². The first-order valence-electron chi connectivity index (χ1n) is 15.5. The van der Waals surface area contributed by atoms with Gasteiger partial charge in [-0.1, -0.05) is 72.3 Å². The number of β-lactam (4-membered cyclic amide) rings is 1. The summed E-state index contributed by atoms with van der Waals surface area (Å²) in [5, 5.41) is 8.91. The Labute approximate surface area is 286 Å². The van der Waals surface area contributed by atoms with Gasteiger partial charge in [0.1, 0.15) is 18.0 Å². The molecule has 0 aliphatic carbocycles. The number of carbonyl (C=O) groups is 4. The molecule has 0 saturated carbocycles. The molecule has 48 heavy (non-hydrogen) atoms. The van der Waals surface area contributed by atoms with Crippen molar-refractivity contribution in [3.63, 3.8) is 0 Å². The molecule has 1 aromatic heterocycles. The van der Waals surface area contributed by atoms with Crippen molar-refractivity contribution < 1.29 is 28.7 Å². The predicted molar refractivity (Wildman–Crippen MR) is 184 cm³/mol. The number of esters is 2. The Hall–Kier alpha value is -4.87. The number of nitrogens with zero attached hydrogens (tertiary/aromatic N) is 2. The molecule has 2 N–H and O–H groups in total. The number of fused-ring (bicyclic) bond motifs is 2. The fourth-order valence-electron chi connectivity index (χ4n) is 5.76. The maximum atomic E-state index is 14.0. The van der Waals surface area contributed by atoms with E-state index < -0.39 is 41.4 Å². The Morgan fingerprint density at radius 1 is 1.00 bits per heavy atom. The van der Waals surface area contributed by atoms with Crippen LogP contribution in [0.2, 0.25) is 5.02 Å². The zero-order valence-corrected chi connectivity index (χ0v) is 27.6. The van der Waals surface area contributed by atoms with E-state index in [1.54, 1.807) is 23.7 Å². The Morgan fingerprint density at radius 2 is 1.71 bits per heavy atom. The van der Waals surface area contributed by atoms with Crippen molar-refractivity contribution in [2.75, 3.05) is 18.5 Å². The summed E-state index contributed by atoms with van der Waals surface area (Å²) in [7, 11) is 0. The highest BCUT2D eigenvalue weighted by Gasteiger charge is 2.56. The molecule has 2 aliphatic heterocycles. The highest BCUT2D eigenvalue weighted by Crippen LogP contribution is 2.41. The number of halogens is 1. The molecule has 4 aromatic rings. The average molecular weight is 685 g/mol. The number of amides is 2. The highest BCUT2D eigenvalue weighted by atomic mass is 35.5. The molecule has 10 nitrogen and oxygen atoms in total. The minimum atomic E-state index is -1.12. The molecule has 3 atom stereocenters. The molecular formula is C36H33ClN4O6S. The number of pyridine rings is 1. The third-order valence-corrected chi connectivity index (χ3v) is 9.54. The normalized spacial score (nSPS) is 18.4. The van der Waals surface area contributed by atoms with E-state index in [0.717, 1.165) is 27.7 Å². The Bertz CT molecular complexity index is 1820. The first kappa shape index (κ1) is 33.0. The van der Waals surface area contributed by atoms with E-state index in [-0.39, 0.29) is 18.9 Å². The monoisotopic (exact) mass is 684 g/mol. The lowest BCUT2D eigenvalue weighted by molar-refractivity contribution is -0.166. The van der Waals surface area contributed by atoms with E-state index in [2.05, 4.69) is 15.6 Å². The molecule has 246 valence electrons. The summed E-state index contributed by atoms with van der Waals surface area (Å²) in [4.78, 5) is 57.8. The molecule has 1 unspecified atom stereocenters. The van der Waals surface area contributed by atoms with Crippen LogP contribution in [-0.4, -0.2) is 64.2 Å². The summed E-state index contributed by atoms with van der Waals surface area (Å²) in [5.74, 6) is -1.86. The van der Waals surface area contributed by atoms with Gasteiger partial charge >= 0.3 is 11.9 Å². The zero-order chi connectivity index (χ0) is 33.6. The quantitative estimate of drug-likeness (QED) is 0.111. The average Bonchev–Trinajstić information content (AvgIpc) is 3.10. The number of hydrogen-bond donors (Lipinski definition) is 2. The summed E-state index contributed by atoms with van der Waals surface area (Å²) in [6, 6.07) is 24.1. The number of nitrogens with one attached hydrogen (secondary N) is 2. The second-order valence-corrected chi connectivity index (χ2v) is 12.8. The maximum absolute atomic E-state index is 14.0. The second kappa shape index (κ2) is 14.9. The van der Waals surface area contributed by atoms with Crippen LogP contribution >= 0.6 is 23.4 Å². The number of ether oxygens (including phenoxy) is 2. The summed E-state index contributed by atoms with van der Waals surface area (Å²) in [6.45, 7) is 1.63. The number of aromatic nitrogens is 1. The van der Waals surface area contributed by atoms with Gasteiger partial charge in [0.2, 0.25) is 11.8 Å². The maximum Gasteiger partial charge on any atom is 0.334 e. The molecule has 1 saturated heterocycles. The van der Waals surface area contributed by atoms with E-state index in [4.69, 9.17) is 21.1 Å². The SMILES string of the molecule is CC(=O)OCC1=CS[C@@H]2[C@H](NC(=O)CCCNc3ccnc4cc(Cl)ccc34)C(=O)N2C1C(=O)OC(c1ccccc1)c1ccccc1. The summed E-state index contributed by atoms with van der Waals surface area (Å²) < 4.78 is 11.4. The van der Waals surface area contributed by atoms with Gasteiger partial charge in [0.15, 0.2) is 12.1 Å². The van der Waals surface area contributed by atoms with Crippen LogP contribution in [-0.2, 0) is 28.7 Å². The van der Waals surface area contributed by atoms with Gasteiger partial charge in [-0.2, -0.15) is 0 Å². The lowest BCUT2D eigenvalue weighted by Gasteiger charge is -2.51. The highest BCUT2D eigenvalue weighted by molar-refractivity contribution is 8.03. The molecule has 12 heteroatoms. The van der Waals surface area contributed by atoms with Gasteiger partial charge in [0.25, 0.3) is 0 Å². The molecule has 6 rings (SSSR count). The van der Waals surface area contributed by atoms with E-state index in [9.17, 15) is 19.2 Å². The Morgan fingerprint density at radius 3 is 2.40 bits per heavy atom. The van der Waals surface area contributed by atoms with Gasteiger partial charge in [0, 0.05) is 47.8 Å². The molecule has 0 bridgehead atoms. The Balaban J connectivity index is 1.11. The van der Waals surface area contributed by atoms with Crippen molar-refractivity contribution >= 4 is 63.7 Å². The van der Waals surface area contributed by atoms with Crippen molar-refractivity contribution in [1.82, 2.24) is 15.2 Å². The van der Waals surface area contributed by atoms with E-state index in [0.29, 0.717) is 23.6 Å². The molecule has 3 aromatic carbocycles. The van der Waals surface area contributed by atoms with Crippen LogP contribution in [0.25, 0.3) is 10.9 Å². The lowest BCUT2D eigenvalue weighted by Crippen LogP contribution is -2.74. The molecule has 0 radical (unpaired) electrons. The van der Waals surface area contributed by atoms with Gasteiger partial charge in [-0.05, 0) is 47.2 Å². The van der Waals surface area contributed by atoms with Crippen molar-refractivity contribution in [3.05, 3.63) is 118 Å². The first-order chi connectivity index (χ1) is 23.3. The molecule has 2 amide bonds. The molecular weight excluding hydrogens is 652 g/mol. The summed E-state index contributed by atoms with van der Waals surface area (Å²) in [6.07, 6.45) is 1.68. The van der Waals surface area contributed by atoms with Gasteiger partial charge in [-0.15, -0.1) is 11.8 Å². The largest absolute Gasteiger partial charge is 0.461 e. The number of benzene rings is 3. The number of thioether (sulfide) groups is 1. The fraction of sp³-hybridized carbons (Fsp3) is 0.250. The molecule has 0 spiro atoms. The van der Waals surface area contributed by atoms with Crippen LogP contribution in [0.4, 0.5) is 5.69 Å². The first-order valence-corrected chi connectivity index (χ1v) is 16.8. The minimum Gasteiger partial charge on any atom is -0.461 e. The second-order valence-electron chi connectivity index (χ2n) is 11.4. The molecule has 2 aliphatic rings. The number of anilines is 1. The minimum absolute atomic E-state index is 0.177. The van der Waals surface area contributed by atoms with Gasteiger partial charge in [0.05, 0.1) is 5.52 Å². The van der Waals surface area contributed by atoms with Crippen LogP contribution in [0.3, 0.4) is 0 Å². The third-order valence-electron chi connectivity index (χ3n) is 8.09. The van der Waals surface area contributed by atoms with Crippen LogP contribution < -0.4 is 10.6 Å². The van der Waals surface area contributed by atoms with Crippen LogP contribution in [0.15, 0.2) is 102 Å². The van der Waals surface area contributed by atoms with Crippen molar-refractivity contribution in [2.24, 2.45) is 0 Å². The summed E-state index contributed by atoms with van der Waals surface area (Å²) in [5.41, 5.74) is 3.61. The zero-order valence-electron chi connectivity index (χ0n) is 26.0. The van der Waals surface area contributed by atoms with Crippen LogP contribution in [0, 0.1) is 0 Å². The fourth-order valence-corrected chi connectivity index (χ4v) is 7.13. The van der Waals surface area contributed by atoms with Gasteiger partial charge in [-0.3, -0.25) is 19.4 Å². The third kappa shape index (κ3) is 7.32. The lowest BCUT2D eigenvalue weighted by atomic mass is 9.97. The van der Waals surface area contributed by atoms with Crippen molar-refractivity contribution in [1.29, 1.82) is 0 Å². The molecule has 1 fully saturated rings. The topological polar surface area (TPSA) is 127 Å². The Kier molecular flexibility index (Phi) is 10.3. The van der Waals surface area contributed by atoms with Crippen molar-refractivity contribution in [2.45, 2.75) is 43.3 Å². The standard InChI is InChI=1S/C36H33ClN4O6S/c1-22(42)46-20-25-21-48-35-31(40-30(43)13-8-17-38-28-16-18-39-29-19-26(37)14-15-27(28)29)34(44)41(35)32(25)36(45)47-33(23-9-4-2-5-10-23)24-11-6-3-7-12-24/h2-7,9-12,14-16,18-19,21,31-33,35H,8,13,17,20H2,1H3,(H,38,39)(H,40,43)/t31-,32?,35-/m1/s1. The summed E-state index contributed by atoms with van der Waals surface area (Å²) >= 11 is 7.38. The van der Waals surface area contributed by atoms with Crippen LogP contribution in [0.1, 0.15) is 37.0 Å². The van der Waals surface area contributed by atoms with E-state index >= 15 is 0 Å². The van der Waals surface area contributed by atoms with Crippen LogP contribution in [0.5, 0.6) is 0 Å². The van der Waals surface area contributed by atoms with E-state index in [1.807, 2.05) is 72.8 Å². The van der Waals surface area contributed by atoms with Gasteiger partial charge in [-0.25, -0.2) is 4.79 Å². The number of carbonyl (C=O) groups excluding carboxylic acids is 4. The smallest absolute Gasteiger partial charge is 0.334 e. The van der Waals surface area contributed by atoms with Crippen molar-refractivity contribution in [3.8, 4) is 0 Å². The molecule has 3 heterocycles. The van der Waals surface area contributed by atoms with E-state index in [1.165, 1.54) is 23.6 Å². The number of hydrogen-bond acceptors (Lipinski definition) is 9. The number of rotatable bonds is 12.